The second-order valence-electron chi connectivity index (χ2n) is 5.24. The second kappa shape index (κ2) is 7.79. The number of hydrogen-bond acceptors (Lipinski definition) is 6. The minimum Gasteiger partial charge on any atom is -0.489 e. The van der Waals surface area contributed by atoms with Gasteiger partial charge < -0.3 is 9.15 Å². The number of oxazole rings is 1. The van der Waals surface area contributed by atoms with Gasteiger partial charge >= 0.3 is 0 Å². The predicted molar refractivity (Wildman–Crippen MR) is 94.4 cm³/mol. The highest BCUT2D eigenvalue weighted by Crippen LogP contribution is 2.16. The topological polar surface area (TPSA) is 83.4 Å². The van der Waals surface area contributed by atoms with Crippen LogP contribution in [0.3, 0.4) is 0 Å². The predicted octanol–water partition coefficient (Wildman–Crippen LogP) is 3.88. The summed E-state index contributed by atoms with van der Waals surface area (Å²) in [6.45, 7) is 2.20. The number of nitrogens with zero attached hydrogens (tertiary/aromatic N) is 3. The molecule has 3 rings (SSSR count). The van der Waals surface area contributed by atoms with Crippen molar-refractivity contribution in [2.45, 2.75) is 13.5 Å². The monoisotopic (exact) mass is 332 g/mol. The van der Waals surface area contributed by atoms with Crippen LogP contribution in [-0.4, -0.2) is 11.2 Å². The highest BCUT2D eigenvalue weighted by molar-refractivity contribution is 5.80. The number of anilines is 1. The first-order valence-electron chi connectivity index (χ1n) is 7.68. The minimum absolute atomic E-state index is 0.180. The Labute approximate surface area is 145 Å². The van der Waals surface area contributed by atoms with E-state index in [4.69, 9.17) is 14.4 Å². The minimum atomic E-state index is 0.180. The molecule has 0 radical (unpaired) electrons. The van der Waals surface area contributed by atoms with E-state index in [0.29, 0.717) is 12.5 Å². The van der Waals surface area contributed by atoms with E-state index < -0.39 is 0 Å². The maximum absolute atomic E-state index is 8.93. The Morgan fingerprint density at radius 2 is 1.96 bits per heavy atom. The Hall–Kier alpha value is -3.59. The van der Waals surface area contributed by atoms with Crippen LogP contribution in [0.1, 0.15) is 22.7 Å². The summed E-state index contributed by atoms with van der Waals surface area (Å²) in [4.78, 5) is 3.93. The molecule has 0 fully saturated rings. The molecule has 1 N–H and O–H groups in total. The molecule has 25 heavy (non-hydrogen) atoms. The molecule has 0 unspecified atom stereocenters. The van der Waals surface area contributed by atoms with Crippen molar-refractivity contribution in [3.8, 4) is 11.8 Å². The molecule has 0 saturated heterocycles. The number of aryl methyl sites for hydroxylation is 1. The number of hydrogen-bond donors (Lipinski definition) is 1. The van der Waals surface area contributed by atoms with Crippen LogP contribution in [0.4, 0.5) is 5.88 Å². The van der Waals surface area contributed by atoms with E-state index in [-0.39, 0.29) is 11.6 Å². The summed E-state index contributed by atoms with van der Waals surface area (Å²) in [6, 6.07) is 19.5. The Kier molecular flexibility index (Phi) is 5.07. The van der Waals surface area contributed by atoms with Gasteiger partial charge in [0.2, 0.25) is 5.69 Å². The summed E-state index contributed by atoms with van der Waals surface area (Å²) in [5.41, 5.74) is 4.86. The molecule has 1 heterocycles. The zero-order valence-electron chi connectivity index (χ0n) is 13.6. The molecule has 0 atom stereocenters. The van der Waals surface area contributed by atoms with E-state index in [9.17, 15) is 0 Å². The summed E-state index contributed by atoms with van der Waals surface area (Å²) < 4.78 is 11.0. The van der Waals surface area contributed by atoms with Crippen molar-refractivity contribution in [2.24, 2.45) is 5.10 Å². The summed E-state index contributed by atoms with van der Waals surface area (Å²) in [5.74, 6) is 1.43. The van der Waals surface area contributed by atoms with Crippen LogP contribution in [0.25, 0.3) is 0 Å². The molecule has 6 heteroatoms. The summed E-state index contributed by atoms with van der Waals surface area (Å²) in [7, 11) is 0. The van der Waals surface area contributed by atoms with Crippen LogP contribution in [0.15, 0.2) is 64.1 Å². The van der Waals surface area contributed by atoms with Crippen molar-refractivity contribution in [3.63, 3.8) is 0 Å². The van der Waals surface area contributed by atoms with Crippen molar-refractivity contribution in [2.75, 3.05) is 5.43 Å². The zero-order chi connectivity index (χ0) is 17.5. The number of nitrogens with one attached hydrogen (secondary N) is 1. The first-order valence-corrected chi connectivity index (χ1v) is 7.68. The van der Waals surface area contributed by atoms with Gasteiger partial charge in [-0.2, -0.15) is 10.4 Å². The van der Waals surface area contributed by atoms with E-state index in [2.05, 4.69) is 15.5 Å². The number of ether oxygens (including phenoxy) is 1. The normalized spacial score (nSPS) is 10.6. The van der Waals surface area contributed by atoms with Gasteiger partial charge in [-0.25, -0.2) is 10.4 Å². The first kappa shape index (κ1) is 16.3. The third-order valence-corrected chi connectivity index (χ3v) is 3.35. The van der Waals surface area contributed by atoms with Crippen LogP contribution >= 0.6 is 0 Å². The van der Waals surface area contributed by atoms with Crippen molar-refractivity contribution in [3.05, 3.63) is 77.3 Å². The van der Waals surface area contributed by atoms with Crippen LogP contribution in [-0.2, 0) is 6.61 Å². The van der Waals surface area contributed by atoms with E-state index in [1.807, 2.05) is 60.7 Å². The molecular weight excluding hydrogens is 316 g/mol. The number of benzene rings is 2. The third kappa shape index (κ3) is 4.45. The Morgan fingerprint density at radius 3 is 2.68 bits per heavy atom. The average Bonchev–Trinajstić information content (AvgIpc) is 3.01. The van der Waals surface area contributed by atoms with E-state index in [1.54, 1.807) is 13.1 Å². The Balaban J connectivity index is 1.56. The molecule has 3 aromatic rings. The van der Waals surface area contributed by atoms with Crippen molar-refractivity contribution in [1.29, 1.82) is 5.26 Å². The van der Waals surface area contributed by atoms with Crippen LogP contribution in [0.2, 0.25) is 0 Å². The fourth-order valence-corrected chi connectivity index (χ4v) is 2.14. The molecule has 0 saturated carbocycles. The Morgan fingerprint density at radius 1 is 1.20 bits per heavy atom. The fourth-order valence-electron chi connectivity index (χ4n) is 2.14. The highest BCUT2D eigenvalue weighted by Gasteiger charge is 2.08. The summed E-state index contributed by atoms with van der Waals surface area (Å²) in [5, 5.41) is 13.0. The standard InChI is InChI=1S/C19H16N4O2/c1-14-22-18(11-20)19(25-14)23-21-12-15-7-9-17(10-8-15)24-13-16-5-3-2-4-6-16/h2-10,12,23H,13H2,1H3. The molecule has 1 aromatic heterocycles. The molecule has 6 nitrogen and oxygen atoms in total. The molecule has 0 amide bonds. The third-order valence-electron chi connectivity index (χ3n) is 3.35. The average molecular weight is 332 g/mol. The largest absolute Gasteiger partial charge is 0.489 e. The summed E-state index contributed by atoms with van der Waals surface area (Å²) >= 11 is 0. The van der Waals surface area contributed by atoms with Gasteiger partial charge in [0, 0.05) is 6.92 Å². The van der Waals surface area contributed by atoms with Crippen molar-refractivity contribution in [1.82, 2.24) is 4.98 Å². The van der Waals surface area contributed by atoms with Gasteiger partial charge in [0.15, 0.2) is 5.89 Å². The van der Waals surface area contributed by atoms with Crippen LogP contribution in [0, 0.1) is 18.3 Å². The lowest BCUT2D eigenvalue weighted by atomic mass is 10.2. The first-order chi connectivity index (χ1) is 12.2. The quantitative estimate of drug-likeness (QED) is 0.547. The number of nitriles is 1. The van der Waals surface area contributed by atoms with Crippen LogP contribution < -0.4 is 10.2 Å². The zero-order valence-corrected chi connectivity index (χ0v) is 13.6. The highest BCUT2D eigenvalue weighted by atomic mass is 16.5. The molecule has 124 valence electrons. The van der Waals surface area contributed by atoms with Gasteiger partial charge in [-0.1, -0.05) is 30.3 Å². The molecule has 0 aliphatic heterocycles. The van der Waals surface area contributed by atoms with Gasteiger partial charge in [0.1, 0.15) is 18.4 Å². The van der Waals surface area contributed by atoms with Gasteiger partial charge in [0.25, 0.3) is 5.88 Å². The van der Waals surface area contributed by atoms with Gasteiger partial charge in [-0.05, 0) is 35.4 Å². The SMILES string of the molecule is Cc1nc(C#N)c(NN=Cc2ccc(OCc3ccccc3)cc2)o1. The number of rotatable bonds is 6. The van der Waals surface area contributed by atoms with E-state index in [1.165, 1.54) is 0 Å². The lowest BCUT2D eigenvalue weighted by Crippen LogP contribution is -1.95. The molecule has 0 aliphatic rings. The maximum atomic E-state index is 8.93. The van der Waals surface area contributed by atoms with Crippen LogP contribution in [0.5, 0.6) is 5.75 Å². The van der Waals surface area contributed by atoms with Gasteiger partial charge in [-0.3, -0.25) is 0 Å². The van der Waals surface area contributed by atoms with Crippen molar-refractivity contribution < 1.29 is 9.15 Å². The second-order valence-corrected chi connectivity index (χ2v) is 5.24. The number of aromatic nitrogens is 1. The molecular formula is C19H16N4O2. The lowest BCUT2D eigenvalue weighted by molar-refractivity contribution is 0.306. The Bertz CT molecular complexity index is 893. The molecule has 2 aromatic carbocycles. The molecule has 0 aliphatic carbocycles. The van der Waals surface area contributed by atoms with Gasteiger partial charge in [0.05, 0.1) is 6.21 Å². The van der Waals surface area contributed by atoms with E-state index >= 15 is 0 Å². The fraction of sp³-hybridized carbons (Fsp3) is 0.105. The lowest BCUT2D eigenvalue weighted by Gasteiger charge is -2.06. The molecule has 0 spiro atoms. The summed E-state index contributed by atoms with van der Waals surface area (Å²) in [6.07, 6.45) is 1.62. The molecule has 0 bridgehead atoms. The van der Waals surface area contributed by atoms with Crippen molar-refractivity contribution >= 4 is 12.1 Å². The number of hydrazone groups is 1. The van der Waals surface area contributed by atoms with Gasteiger partial charge in [-0.15, -0.1) is 0 Å². The van der Waals surface area contributed by atoms with E-state index in [0.717, 1.165) is 16.9 Å². The maximum Gasteiger partial charge on any atom is 0.252 e. The smallest absolute Gasteiger partial charge is 0.252 e.